The second-order valence-electron chi connectivity index (χ2n) is 8.03. The largest absolute Gasteiger partial charge is 0.494 e. The number of fused-ring (bicyclic) bond motifs is 1. The van der Waals surface area contributed by atoms with Crippen LogP contribution < -0.4 is 18.9 Å². The number of methoxy groups -OCH3 is 2. The minimum atomic E-state index is -2.46. The lowest BCUT2D eigenvalue weighted by Crippen LogP contribution is -2.27. The Morgan fingerprint density at radius 2 is 1.70 bits per heavy atom. The summed E-state index contributed by atoms with van der Waals surface area (Å²) in [5.41, 5.74) is 1.45. The Bertz CT molecular complexity index is 1670. The first-order valence-corrected chi connectivity index (χ1v) is 13.3. The summed E-state index contributed by atoms with van der Waals surface area (Å²) in [6, 6.07) is 11.1. The van der Waals surface area contributed by atoms with Crippen LogP contribution in [0.25, 0.3) is 28.5 Å². The fourth-order valence-corrected chi connectivity index (χ4v) is 4.71. The van der Waals surface area contributed by atoms with Gasteiger partial charge in [-0.15, -0.1) is 0 Å². The summed E-state index contributed by atoms with van der Waals surface area (Å²) in [5, 5.41) is -0.0675. The van der Waals surface area contributed by atoms with Gasteiger partial charge in [0.2, 0.25) is 17.1 Å². The van der Waals surface area contributed by atoms with Gasteiger partial charge in [-0.25, -0.2) is 34.1 Å². The van der Waals surface area contributed by atoms with E-state index in [1.54, 1.807) is 47.0 Å². The summed E-state index contributed by atoms with van der Waals surface area (Å²) < 4.78 is 42.7. The van der Waals surface area contributed by atoms with Crippen molar-refractivity contribution in [1.29, 1.82) is 0 Å². The van der Waals surface area contributed by atoms with Crippen LogP contribution in [0.15, 0.2) is 54.9 Å². The van der Waals surface area contributed by atoms with Crippen molar-refractivity contribution in [2.24, 2.45) is 0 Å². The van der Waals surface area contributed by atoms with E-state index in [4.69, 9.17) is 35.8 Å². The fourth-order valence-electron chi connectivity index (χ4n) is 4.06. The van der Waals surface area contributed by atoms with Crippen molar-refractivity contribution < 1.29 is 23.0 Å². The lowest BCUT2D eigenvalue weighted by molar-refractivity contribution is 0.327. The Labute approximate surface area is 236 Å². The van der Waals surface area contributed by atoms with Gasteiger partial charge >= 0.3 is 0 Å². The van der Waals surface area contributed by atoms with Crippen molar-refractivity contribution in [1.82, 2.24) is 39.2 Å². The Kier molecular flexibility index (Phi) is 8.11. The van der Waals surface area contributed by atoms with E-state index in [0.29, 0.717) is 41.2 Å². The zero-order valence-electron chi connectivity index (χ0n) is 21.5. The molecular weight excluding hydrogens is 560 g/mol. The monoisotopic (exact) mass is 582 g/mol. The Morgan fingerprint density at radius 1 is 1.00 bits per heavy atom. The van der Waals surface area contributed by atoms with Crippen LogP contribution in [0.1, 0.15) is 24.5 Å². The third kappa shape index (κ3) is 5.29. The highest BCUT2D eigenvalue weighted by Crippen LogP contribution is 2.38. The number of nitrogens with one attached hydrogen (secondary N) is 1. The van der Waals surface area contributed by atoms with Gasteiger partial charge in [-0.2, -0.15) is 4.72 Å². The number of imidazole rings is 1. The smallest absolute Gasteiger partial charge is 0.232 e. The quantitative estimate of drug-likeness (QED) is 0.232. The summed E-state index contributed by atoms with van der Waals surface area (Å²) in [6.07, 6.45) is 2.99. The van der Waals surface area contributed by atoms with Gasteiger partial charge in [0.25, 0.3) is 0 Å². The number of halogens is 1. The Morgan fingerprint density at radius 3 is 2.35 bits per heavy atom. The molecule has 0 bridgehead atoms. The van der Waals surface area contributed by atoms with Crippen molar-refractivity contribution in [3.8, 4) is 34.6 Å². The van der Waals surface area contributed by atoms with Crippen LogP contribution in [-0.4, -0.2) is 64.1 Å². The van der Waals surface area contributed by atoms with Crippen molar-refractivity contribution in [3.63, 3.8) is 0 Å². The van der Waals surface area contributed by atoms with Gasteiger partial charge in [0.05, 0.1) is 20.8 Å². The molecule has 0 amide bonds. The predicted octanol–water partition coefficient (Wildman–Crippen LogP) is 3.55. The van der Waals surface area contributed by atoms with Gasteiger partial charge in [-0.1, -0.05) is 23.7 Å². The standard InChI is InChI=1S/C25H23ClN8O5S/c1-4-39-17-11-5-8-14(29-17)24-32-23-25(34(24)20-15(37-2)9-6-10-16(20)38-3)30-18(21(26)31-23)19(33-40(35)36)22-27-12-7-13-28-22/h5-13,19,33H,4H2,1-3H3,(H,35,36). The summed E-state index contributed by atoms with van der Waals surface area (Å²) in [4.78, 5) is 27.0. The summed E-state index contributed by atoms with van der Waals surface area (Å²) >= 11 is 4.12. The molecule has 5 rings (SSSR count). The van der Waals surface area contributed by atoms with Crippen LogP contribution in [0.3, 0.4) is 0 Å². The molecule has 0 radical (unpaired) electrons. The lowest BCUT2D eigenvalue weighted by atomic mass is 10.2. The normalized spacial score (nSPS) is 12.7. The van der Waals surface area contributed by atoms with E-state index in [9.17, 15) is 8.76 Å². The minimum absolute atomic E-state index is 0.0675. The van der Waals surface area contributed by atoms with Crippen molar-refractivity contribution in [3.05, 3.63) is 71.5 Å². The molecule has 40 heavy (non-hydrogen) atoms. The first-order valence-electron chi connectivity index (χ1n) is 11.9. The molecule has 0 aliphatic rings. The molecule has 13 nitrogen and oxygen atoms in total. The maximum atomic E-state index is 11.8. The molecule has 206 valence electrons. The number of para-hydroxylation sites is 1. The predicted molar refractivity (Wildman–Crippen MR) is 147 cm³/mol. The molecule has 15 heteroatoms. The van der Waals surface area contributed by atoms with E-state index in [1.807, 2.05) is 6.92 Å². The molecule has 1 aromatic carbocycles. The van der Waals surface area contributed by atoms with Gasteiger partial charge < -0.3 is 14.2 Å². The van der Waals surface area contributed by atoms with E-state index in [2.05, 4.69) is 24.7 Å². The number of rotatable bonds is 10. The van der Waals surface area contributed by atoms with E-state index in [-0.39, 0.29) is 28.0 Å². The Hall–Kier alpha value is -4.24. The van der Waals surface area contributed by atoms with Gasteiger partial charge in [-0.05, 0) is 31.2 Å². The highest BCUT2D eigenvalue weighted by molar-refractivity contribution is 7.77. The zero-order valence-corrected chi connectivity index (χ0v) is 23.0. The van der Waals surface area contributed by atoms with Crippen LogP contribution >= 0.6 is 11.6 Å². The molecule has 5 aromatic rings. The number of nitrogens with zero attached hydrogens (tertiary/aromatic N) is 7. The first kappa shape index (κ1) is 27.3. The highest BCUT2D eigenvalue weighted by Gasteiger charge is 2.29. The van der Waals surface area contributed by atoms with E-state index < -0.39 is 17.3 Å². The van der Waals surface area contributed by atoms with Gasteiger partial charge in [-0.3, -0.25) is 9.12 Å². The zero-order chi connectivity index (χ0) is 28.2. The van der Waals surface area contributed by atoms with E-state index in [0.717, 1.165) is 0 Å². The molecule has 4 heterocycles. The maximum absolute atomic E-state index is 11.8. The van der Waals surface area contributed by atoms with Gasteiger partial charge in [0, 0.05) is 18.5 Å². The summed E-state index contributed by atoms with van der Waals surface area (Å²) in [6.45, 7) is 2.29. The average molecular weight is 583 g/mol. The third-order valence-corrected chi connectivity index (χ3v) is 6.40. The summed E-state index contributed by atoms with van der Waals surface area (Å²) in [5.74, 6) is 1.82. The van der Waals surface area contributed by atoms with Crippen LogP contribution in [0, 0.1) is 0 Å². The van der Waals surface area contributed by atoms with Crippen molar-refractivity contribution in [2.75, 3.05) is 20.8 Å². The minimum Gasteiger partial charge on any atom is -0.494 e. The number of ether oxygens (including phenoxy) is 3. The average Bonchev–Trinajstić information content (AvgIpc) is 3.33. The molecule has 2 N–H and O–H groups in total. The van der Waals surface area contributed by atoms with E-state index in [1.165, 1.54) is 26.6 Å². The second-order valence-corrected chi connectivity index (χ2v) is 9.12. The SMILES string of the molecule is CCOc1cccc(-c2nc3nc(Cl)c(C(NS(=O)O)c4ncccn4)nc3n2-c2c(OC)cccc2OC)n1. The summed E-state index contributed by atoms with van der Waals surface area (Å²) in [7, 11) is 3.06. The highest BCUT2D eigenvalue weighted by atomic mass is 35.5. The number of pyridine rings is 1. The molecule has 0 saturated carbocycles. The van der Waals surface area contributed by atoms with Crippen molar-refractivity contribution >= 4 is 34.2 Å². The third-order valence-electron chi connectivity index (χ3n) is 5.68. The second kappa shape index (κ2) is 11.9. The van der Waals surface area contributed by atoms with Crippen LogP contribution in [0.2, 0.25) is 5.15 Å². The number of hydrogen-bond acceptors (Lipinski definition) is 10. The maximum Gasteiger partial charge on any atom is 0.232 e. The molecule has 0 aliphatic carbocycles. The molecule has 0 aliphatic heterocycles. The first-order chi connectivity index (χ1) is 19.4. The van der Waals surface area contributed by atoms with Crippen LogP contribution in [-0.2, 0) is 11.3 Å². The molecule has 4 aromatic heterocycles. The number of benzene rings is 1. The van der Waals surface area contributed by atoms with Gasteiger partial charge in [0.1, 0.15) is 34.6 Å². The van der Waals surface area contributed by atoms with Crippen molar-refractivity contribution in [2.45, 2.75) is 13.0 Å². The van der Waals surface area contributed by atoms with Gasteiger partial charge in [0.15, 0.2) is 28.1 Å². The molecule has 2 unspecified atom stereocenters. The van der Waals surface area contributed by atoms with Crippen LogP contribution in [0.4, 0.5) is 0 Å². The lowest BCUT2D eigenvalue weighted by Gasteiger charge is -2.18. The molecular formula is C25H23ClN8O5S. The van der Waals surface area contributed by atoms with Crippen LogP contribution in [0.5, 0.6) is 17.4 Å². The Balaban J connectivity index is 1.84. The van der Waals surface area contributed by atoms with E-state index >= 15 is 0 Å². The molecule has 0 spiro atoms. The molecule has 2 atom stereocenters. The fraction of sp³-hybridized carbons (Fsp3) is 0.200. The molecule has 0 saturated heterocycles. The molecule has 0 fully saturated rings. The topological polar surface area (TPSA) is 159 Å². The number of hydrogen-bond donors (Lipinski definition) is 2. The number of aromatic nitrogens is 7.